The molecule has 0 bridgehead atoms. The summed E-state index contributed by atoms with van der Waals surface area (Å²) >= 11 is 0. The van der Waals surface area contributed by atoms with Crippen LogP contribution >= 0.6 is 0 Å². The van der Waals surface area contributed by atoms with Crippen molar-refractivity contribution in [1.82, 2.24) is 19.9 Å². The summed E-state index contributed by atoms with van der Waals surface area (Å²) in [6.07, 6.45) is 1.01. The molecular weight excluding hydrogens is 413 g/mol. The Bertz CT molecular complexity index is 1200. The molecule has 0 radical (unpaired) electrons. The van der Waals surface area contributed by atoms with Gasteiger partial charge in [0.05, 0.1) is 10.9 Å². The third kappa shape index (κ3) is 4.32. The number of nitrogens with one attached hydrogen (secondary N) is 2. The van der Waals surface area contributed by atoms with Crippen LogP contribution in [0.5, 0.6) is 0 Å². The van der Waals surface area contributed by atoms with Gasteiger partial charge in [0.25, 0.3) is 11.5 Å². The molecule has 1 aromatic heterocycles. The quantitative estimate of drug-likeness (QED) is 0.598. The zero-order valence-corrected chi connectivity index (χ0v) is 17.7. The molecular formula is C23H24FN5O3. The Balaban J connectivity index is 1.37. The topological polar surface area (TPSA) is 96.3 Å². The highest BCUT2D eigenvalue weighted by molar-refractivity contribution is 5.94. The molecule has 166 valence electrons. The smallest absolute Gasteiger partial charge is 0.262 e. The van der Waals surface area contributed by atoms with Crippen LogP contribution in [-0.2, 0) is 11.3 Å². The number of hydrazine groups is 1. The number of anilines is 1. The third-order valence-electron chi connectivity index (χ3n) is 5.72. The van der Waals surface area contributed by atoms with E-state index >= 15 is 0 Å². The average molecular weight is 437 g/mol. The fourth-order valence-corrected chi connectivity index (χ4v) is 3.90. The molecule has 0 atom stereocenters. The Morgan fingerprint density at radius 2 is 1.78 bits per heavy atom. The van der Waals surface area contributed by atoms with Crippen LogP contribution in [0.3, 0.4) is 0 Å². The number of nitrogens with zero attached hydrogens (tertiary/aromatic N) is 3. The maximum atomic E-state index is 13.1. The van der Waals surface area contributed by atoms with Gasteiger partial charge in [-0.05, 0) is 56.2 Å². The number of halogens is 1. The molecule has 9 heteroatoms. The first-order valence-corrected chi connectivity index (χ1v) is 10.6. The van der Waals surface area contributed by atoms with Crippen LogP contribution in [0.2, 0.25) is 0 Å². The normalized spacial score (nSPS) is 14.4. The summed E-state index contributed by atoms with van der Waals surface area (Å²) in [5, 5.41) is 0.518. The Hall–Kier alpha value is -3.75. The van der Waals surface area contributed by atoms with Gasteiger partial charge in [-0.2, -0.15) is 0 Å². The van der Waals surface area contributed by atoms with Gasteiger partial charge in [-0.25, -0.2) is 9.37 Å². The fraction of sp³-hybridized carbons (Fsp3) is 0.304. The van der Waals surface area contributed by atoms with Gasteiger partial charge in [-0.15, -0.1) is 0 Å². The Morgan fingerprint density at radius 3 is 2.47 bits per heavy atom. The number of benzene rings is 2. The van der Waals surface area contributed by atoms with Crippen LogP contribution in [0.15, 0.2) is 53.3 Å². The summed E-state index contributed by atoms with van der Waals surface area (Å²) in [7, 11) is 0. The fourth-order valence-electron chi connectivity index (χ4n) is 3.90. The van der Waals surface area contributed by atoms with Gasteiger partial charge in [0.2, 0.25) is 11.9 Å². The van der Waals surface area contributed by atoms with E-state index in [1.807, 2.05) is 6.92 Å². The molecule has 2 aromatic carbocycles. The van der Waals surface area contributed by atoms with Gasteiger partial charge < -0.3 is 4.90 Å². The van der Waals surface area contributed by atoms with E-state index in [-0.39, 0.29) is 35.1 Å². The summed E-state index contributed by atoms with van der Waals surface area (Å²) in [6.45, 7) is 3.10. The van der Waals surface area contributed by atoms with E-state index in [1.165, 1.54) is 28.8 Å². The van der Waals surface area contributed by atoms with Crippen molar-refractivity contribution in [3.8, 4) is 0 Å². The molecule has 4 rings (SSSR count). The lowest BCUT2D eigenvalue weighted by molar-refractivity contribution is -0.125. The Kier molecular flexibility index (Phi) is 6.16. The highest BCUT2D eigenvalue weighted by Gasteiger charge is 2.28. The number of hydrogen-bond acceptors (Lipinski definition) is 5. The molecule has 0 spiro atoms. The minimum absolute atomic E-state index is 0.172. The lowest BCUT2D eigenvalue weighted by Gasteiger charge is -2.31. The molecule has 1 saturated heterocycles. The van der Waals surface area contributed by atoms with Crippen LogP contribution in [0.1, 0.15) is 30.1 Å². The maximum absolute atomic E-state index is 13.1. The van der Waals surface area contributed by atoms with E-state index in [2.05, 4.69) is 15.8 Å². The first-order valence-electron chi connectivity index (χ1n) is 10.6. The van der Waals surface area contributed by atoms with E-state index < -0.39 is 0 Å². The zero-order chi connectivity index (χ0) is 22.7. The molecule has 0 saturated carbocycles. The highest BCUT2D eigenvalue weighted by Crippen LogP contribution is 2.20. The van der Waals surface area contributed by atoms with Crippen LogP contribution < -0.4 is 16.4 Å². The summed E-state index contributed by atoms with van der Waals surface area (Å²) < 4.78 is 14.5. The summed E-state index contributed by atoms with van der Waals surface area (Å²) in [4.78, 5) is 44.0. The molecule has 0 aliphatic carbocycles. The second kappa shape index (κ2) is 9.17. The number of aromatic nitrogens is 2. The molecule has 2 amide bonds. The molecule has 1 aliphatic rings. The minimum Gasteiger partial charge on any atom is -0.339 e. The number of fused-ring (bicyclic) bond motifs is 1. The molecule has 2 N–H and O–H groups in total. The molecule has 32 heavy (non-hydrogen) atoms. The standard InChI is InChI=1S/C23H24FN5O3/c1-2-29-22(32)18-5-3-4-6-19(18)25-23(29)27-26-20(30)15-11-13-28(14-12-15)21(31)16-7-9-17(24)10-8-16/h3-10,15H,2,11-14H2,1H3,(H,25,27)(H,26,30). The molecule has 3 aromatic rings. The van der Waals surface area contributed by atoms with Crippen molar-refractivity contribution in [1.29, 1.82) is 0 Å². The van der Waals surface area contributed by atoms with Crippen molar-refractivity contribution in [2.45, 2.75) is 26.3 Å². The van der Waals surface area contributed by atoms with Crippen molar-refractivity contribution >= 4 is 28.7 Å². The second-order valence-corrected chi connectivity index (χ2v) is 7.69. The molecule has 0 unspecified atom stereocenters. The SMILES string of the molecule is CCn1c(NNC(=O)C2CCN(C(=O)c3ccc(F)cc3)CC2)nc2ccccc2c1=O. The number of rotatable bonds is 5. The van der Waals surface area contributed by atoms with Crippen LogP contribution in [0.4, 0.5) is 10.3 Å². The lowest BCUT2D eigenvalue weighted by Crippen LogP contribution is -2.44. The second-order valence-electron chi connectivity index (χ2n) is 7.69. The van der Waals surface area contributed by atoms with E-state index in [0.29, 0.717) is 48.9 Å². The number of para-hydroxylation sites is 1. The predicted molar refractivity (Wildman–Crippen MR) is 118 cm³/mol. The number of hydrogen-bond donors (Lipinski definition) is 2. The van der Waals surface area contributed by atoms with Crippen molar-refractivity contribution in [2.75, 3.05) is 18.5 Å². The maximum Gasteiger partial charge on any atom is 0.262 e. The summed E-state index contributed by atoms with van der Waals surface area (Å²) in [6, 6.07) is 12.5. The van der Waals surface area contributed by atoms with Gasteiger partial charge in [0, 0.05) is 31.1 Å². The largest absolute Gasteiger partial charge is 0.339 e. The number of likely N-dealkylation sites (tertiary alicyclic amines) is 1. The van der Waals surface area contributed by atoms with Gasteiger partial charge >= 0.3 is 0 Å². The van der Waals surface area contributed by atoms with Crippen molar-refractivity contribution in [2.24, 2.45) is 5.92 Å². The molecule has 8 nitrogen and oxygen atoms in total. The van der Waals surface area contributed by atoms with Crippen LogP contribution in [0.25, 0.3) is 10.9 Å². The minimum atomic E-state index is -0.390. The number of piperidine rings is 1. The summed E-state index contributed by atoms with van der Waals surface area (Å²) in [5.74, 6) is -0.785. The van der Waals surface area contributed by atoms with Gasteiger partial charge in [-0.1, -0.05) is 12.1 Å². The van der Waals surface area contributed by atoms with E-state index in [4.69, 9.17) is 0 Å². The van der Waals surface area contributed by atoms with E-state index in [1.54, 1.807) is 29.2 Å². The van der Waals surface area contributed by atoms with Gasteiger partial charge in [0.15, 0.2) is 0 Å². The van der Waals surface area contributed by atoms with Crippen molar-refractivity contribution in [3.05, 3.63) is 70.3 Å². The Labute approximate surface area is 184 Å². The van der Waals surface area contributed by atoms with Gasteiger partial charge in [0.1, 0.15) is 5.82 Å². The zero-order valence-electron chi connectivity index (χ0n) is 17.7. The Morgan fingerprint density at radius 1 is 1.09 bits per heavy atom. The molecule has 1 aliphatic heterocycles. The first-order chi connectivity index (χ1) is 15.5. The van der Waals surface area contributed by atoms with Crippen molar-refractivity contribution in [3.63, 3.8) is 0 Å². The van der Waals surface area contributed by atoms with E-state index in [9.17, 15) is 18.8 Å². The van der Waals surface area contributed by atoms with E-state index in [0.717, 1.165) is 0 Å². The predicted octanol–water partition coefficient (Wildman–Crippen LogP) is 2.55. The first kappa shape index (κ1) is 21.5. The van der Waals surface area contributed by atoms with Crippen LogP contribution in [0, 0.1) is 11.7 Å². The average Bonchev–Trinajstić information content (AvgIpc) is 2.83. The number of carbonyl (C=O) groups is 2. The number of amides is 2. The lowest BCUT2D eigenvalue weighted by atomic mass is 9.95. The molecule has 2 heterocycles. The monoisotopic (exact) mass is 437 g/mol. The summed E-state index contributed by atoms with van der Waals surface area (Å²) in [5.41, 5.74) is 6.25. The molecule has 1 fully saturated rings. The third-order valence-corrected chi connectivity index (χ3v) is 5.72. The number of carbonyl (C=O) groups excluding carboxylic acids is 2. The highest BCUT2D eigenvalue weighted by atomic mass is 19.1. The van der Waals surface area contributed by atoms with Gasteiger partial charge in [-0.3, -0.25) is 29.8 Å². The van der Waals surface area contributed by atoms with Crippen LogP contribution in [-0.4, -0.2) is 39.4 Å². The van der Waals surface area contributed by atoms with Crippen molar-refractivity contribution < 1.29 is 14.0 Å².